The van der Waals surface area contributed by atoms with Gasteiger partial charge in [0, 0.05) is 30.4 Å². The molecule has 0 radical (unpaired) electrons. The molecule has 0 spiro atoms. The standard InChI is InChI=1S/C18H15ClF2N4O2S/c1-10(16(27)23-12-5-3-11(4-6-12)18(2,20)21)25-15(26)8-7-13(24-25)14-9-22-17(19)28-14/h3-10H,1-2H3,(H,23,27). The lowest BCUT2D eigenvalue weighted by atomic mass is 10.1. The molecule has 1 aromatic carbocycles. The van der Waals surface area contributed by atoms with Crippen molar-refractivity contribution in [3.05, 3.63) is 63.0 Å². The molecule has 10 heteroatoms. The molecule has 0 fully saturated rings. The fraction of sp³-hybridized carbons (Fsp3) is 0.222. The molecule has 2 heterocycles. The van der Waals surface area contributed by atoms with E-state index in [1.54, 1.807) is 0 Å². The highest BCUT2D eigenvalue weighted by molar-refractivity contribution is 7.18. The normalized spacial score (nSPS) is 12.6. The number of nitrogens with one attached hydrogen (secondary N) is 1. The van der Waals surface area contributed by atoms with Gasteiger partial charge in [-0.3, -0.25) is 9.59 Å². The van der Waals surface area contributed by atoms with Crippen LogP contribution in [0.3, 0.4) is 0 Å². The van der Waals surface area contributed by atoms with E-state index in [9.17, 15) is 18.4 Å². The van der Waals surface area contributed by atoms with Crippen LogP contribution in [-0.2, 0) is 10.7 Å². The van der Waals surface area contributed by atoms with Crippen LogP contribution in [-0.4, -0.2) is 20.7 Å². The Bertz CT molecular complexity index is 1060. The van der Waals surface area contributed by atoms with E-state index >= 15 is 0 Å². The summed E-state index contributed by atoms with van der Waals surface area (Å²) in [5, 5.41) is 6.82. The predicted octanol–water partition coefficient (Wildman–Crippen LogP) is 4.33. The smallest absolute Gasteiger partial charge is 0.270 e. The second-order valence-electron chi connectivity index (χ2n) is 6.11. The van der Waals surface area contributed by atoms with Crippen molar-refractivity contribution in [3.8, 4) is 10.6 Å². The highest BCUT2D eigenvalue weighted by Crippen LogP contribution is 2.28. The molecule has 28 heavy (non-hydrogen) atoms. The van der Waals surface area contributed by atoms with Gasteiger partial charge in [0.25, 0.3) is 11.5 Å². The van der Waals surface area contributed by atoms with Crippen LogP contribution in [0.1, 0.15) is 25.5 Å². The average molecular weight is 425 g/mol. The molecule has 2 aromatic heterocycles. The lowest BCUT2D eigenvalue weighted by molar-refractivity contribution is -0.119. The minimum Gasteiger partial charge on any atom is -0.324 e. The Balaban J connectivity index is 1.80. The van der Waals surface area contributed by atoms with Crippen molar-refractivity contribution in [1.29, 1.82) is 0 Å². The zero-order valence-corrected chi connectivity index (χ0v) is 16.4. The van der Waals surface area contributed by atoms with Crippen molar-refractivity contribution >= 4 is 34.5 Å². The number of carbonyl (C=O) groups excluding carboxylic acids is 1. The van der Waals surface area contributed by atoms with Gasteiger partial charge in [-0.2, -0.15) is 5.10 Å². The van der Waals surface area contributed by atoms with E-state index in [0.29, 0.717) is 20.7 Å². The number of thiazole rings is 1. The molecular weight excluding hydrogens is 410 g/mol. The number of nitrogens with zero attached hydrogens (tertiary/aromatic N) is 3. The second kappa shape index (κ2) is 7.76. The maximum atomic E-state index is 13.3. The van der Waals surface area contributed by atoms with Crippen molar-refractivity contribution < 1.29 is 13.6 Å². The number of aromatic nitrogens is 3. The van der Waals surface area contributed by atoms with Gasteiger partial charge in [-0.25, -0.2) is 18.4 Å². The van der Waals surface area contributed by atoms with Crippen molar-refractivity contribution in [2.24, 2.45) is 0 Å². The van der Waals surface area contributed by atoms with Crippen molar-refractivity contribution in [3.63, 3.8) is 0 Å². The Morgan fingerprint density at radius 2 is 1.93 bits per heavy atom. The largest absolute Gasteiger partial charge is 0.324 e. The number of anilines is 1. The molecule has 6 nitrogen and oxygen atoms in total. The van der Waals surface area contributed by atoms with Crippen molar-refractivity contribution in [1.82, 2.24) is 14.8 Å². The van der Waals surface area contributed by atoms with E-state index < -0.39 is 23.4 Å². The first-order chi connectivity index (χ1) is 13.1. The van der Waals surface area contributed by atoms with Gasteiger partial charge >= 0.3 is 0 Å². The fourth-order valence-corrected chi connectivity index (χ4v) is 3.31. The summed E-state index contributed by atoms with van der Waals surface area (Å²) in [6.45, 7) is 2.31. The number of carbonyl (C=O) groups is 1. The van der Waals surface area contributed by atoms with Crippen LogP contribution >= 0.6 is 22.9 Å². The molecule has 0 aliphatic rings. The van der Waals surface area contributed by atoms with Gasteiger partial charge in [0.15, 0.2) is 4.47 Å². The summed E-state index contributed by atoms with van der Waals surface area (Å²) in [4.78, 5) is 29.3. The highest BCUT2D eigenvalue weighted by Gasteiger charge is 2.24. The molecule has 0 bridgehead atoms. The quantitative estimate of drug-likeness (QED) is 0.661. The molecule has 1 unspecified atom stereocenters. The number of hydrogen-bond acceptors (Lipinski definition) is 5. The number of halogens is 3. The van der Waals surface area contributed by atoms with Crippen LogP contribution < -0.4 is 10.9 Å². The monoisotopic (exact) mass is 424 g/mol. The predicted molar refractivity (Wildman–Crippen MR) is 104 cm³/mol. The average Bonchev–Trinajstić information content (AvgIpc) is 3.07. The van der Waals surface area contributed by atoms with Gasteiger partial charge in [-0.1, -0.05) is 23.7 Å². The molecule has 3 rings (SSSR count). The molecule has 3 aromatic rings. The van der Waals surface area contributed by atoms with Crippen LogP contribution in [0.2, 0.25) is 4.47 Å². The summed E-state index contributed by atoms with van der Waals surface area (Å²) in [7, 11) is 0. The summed E-state index contributed by atoms with van der Waals surface area (Å²) >= 11 is 7.02. The van der Waals surface area contributed by atoms with Crippen LogP contribution in [0, 0.1) is 0 Å². The third kappa shape index (κ3) is 4.42. The number of benzene rings is 1. The Hall–Kier alpha value is -2.65. The molecule has 0 saturated heterocycles. The molecule has 0 saturated carbocycles. The van der Waals surface area contributed by atoms with E-state index in [2.05, 4.69) is 15.4 Å². The molecule has 0 aliphatic carbocycles. The van der Waals surface area contributed by atoms with Gasteiger partial charge in [0.2, 0.25) is 5.91 Å². The molecular formula is C18H15ClF2N4O2S. The van der Waals surface area contributed by atoms with Gasteiger partial charge in [-0.15, -0.1) is 11.3 Å². The summed E-state index contributed by atoms with van der Waals surface area (Å²) in [5.74, 6) is -3.47. The molecule has 146 valence electrons. The molecule has 1 N–H and O–H groups in total. The zero-order valence-electron chi connectivity index (χ0n) is 14.8. The first kappa shape index (κ1) is 20.1. The Morgan fingerprint density at radius 3 is 2.50 bits per heavy atom. The summed E-state index contributed by atoms with van der Waals surface area (Å²) < 4.78 is 27.9. The van der Waals surface area contributed by atoms with E-state index in [-0.39, 0.29) is 5.56 Å². The molecule has 0 aliphatic heterocycles. The minimum atomic E-state index is -2.97. The second-order valence-corrected chi connectivity index (χ2v) is 7.72. The Morgan fingerprint density at radius 1 is 1.25 bits per heavy atom. The van der Waals surface area contributed by atoms with Crippen LogP contribution in [0.4, 0.5) is 14.5 Å². The first-order valence-electron chi connectivity index (χ1n) is 8.16. The van der Waals surface area contributed by atoms with Crippen LogP contribution in [0.5, 0.6) is 0 Å². The third-order valence-electron chi connectivity index (χ3n) is 3.96. The zero-order chi connectivity index (χ0) is 20.5. The van der Waals surface area contributed by atoms with Gasteiger partial charge in [0.1, 0.15) is 11.7 Å². The minimum absolute atomic E-state index is 0.160. The Kier molecular flexibility index (Phi) is 5.57. The van der Waals surface area contributed by atoms with Gasteiger partial charge in [0.05, 0.1) is 4.88 Å². The first-order valence-corrected chi connectivity index (χ1v) is 9.35. The fourth-order valence-electron chi connectivity index (χ4n) is 2.41. The topological polar surface area (TPSA) is 76.9 Å². The highest BCUT2D eigenvalue weighted by atomic mass is 35.5. The lowest BCUT2D eigenvalue weighted by Gasteiger charge is -2.15. The van der Waals surface area contributed by atoms with Gasteiger partial charge in [-0.05, 0) is 25.1 Å². The Labute approximate surface area is 167 Å². The van der Waals surface area contributed by atoms with E-state index in [4.69, 9.17) is 11.6 Å². The number of alkyl halides is 2. The lowest BCUT2D eigenvalue weighted by Crippen LogP contribution is -2.33. The number of hydrogen-bond donors (Lipinski definition) is 1. The number of amides is 1. The summed E-state index contributed by atoms with van der Waals surface area (Å²) in [5.41, 5.74) is 0.178. The summed E-state index contributed by atoms with van der Waals surface area (Å²) in [6.07, 6.45) is 1.53. The van der Waals surface area contributed by atoms with E-state index in [1.807, 2.05) is 0 Å². The third-order valence-corrected chi connectivity index (χ3v) is 5.10. The van der Waals surface area contributed by atoms with E-state index in [1.165, 1.54) is 60.9 Å². The SMILES string of the molecule is CC(C(=O)Nc1ccc(C(C)(F)F)cc1)n1nc(-c2cnc(Cl)s2)ccc1=O. The maximum Gasteiger partial charge on any atom is 0.270 e. The molecule has 1 atom stereocenters. The van der Waals surface area contributed by atoms with Crippen molar-refractivity contribution in [2.45, 2.75) is 25.8 Å². The summed E-state index contributed by atoms with van der Waals surface area (Å²) in [6, 6.07) is 7.13. The maximum absolute atomic E-state index is 13.3. The van der Waals surface area contributed by atoms with Crippen LogP contribution in [0.15, 0.2) is 47.4 Å². The number of rotatable bonds is 5. The van der Waals surface area contributed by atoms with Crippen LogP contribution in [0.25, 0.3) is 10.6 Å². The van der Waals surface area contributed by atoms with Gasteiger partial charge < -0.3 is 5.32 Å². The van der Waals surface area contributed by atoms with Crippen molar-refractivity contribution in [2.75, 3.05) is 5.32 Å². The molecule has 1 amide bonds. The van der Waals surface area contributed by atoms with E-state index in [0.717, 1.165) is 11.6 Å².